The average molecular weight is 396 g/mol. The van der Waals surface area contributed by atoms with E-state index >= 15 is 0 Å². The minimum absolute atomic E-state index is 0.00435. The van der Waals surface area contributed by atoms with E-state index in [0.29, 0.717) is 5.56 Å². The van der Waals surface area contributed by atoms with Crippen molar-refractivity contribution in [1.82, 2.24) is 10.6 Å². The Morgan fingerprint density at radius 2 is 1.59 bits per heavy atom. The van der Waals surface area contributed by atoms with E-state index < -0.39 is 17.9 Å². The van der Waals surface area contributed by atoms with E-state index in [0.717, 1.165) is 11.1 Å². The van der Waals surface area contributed by atoms with Crippen LogP contribution in [0.5, 0.6) is 0 Å². The summed E-state index contributed by atoms with van der Waals surface area (Å²) in [5.41, 5.74) is 2.48. The van der Waals surface area contributed by atoms with E-state index in [2.05, 4.69) is 31.4 Å². The minimum atomic E-state index is -1.09. The second kappa shape index (κ2) is 9.87. The van der Waals surface area contributed by atoms with Gasteiger partial charge in [-0.25, -0.2) is 4.79 Å². The fraction of sp³-hybridized carbons (Fsp3) is 0.348. The molecule has 6 nitrogen and oxygen atoms in total. The third kappa shape index (κ3) is 7.07. The van der Waals surface area contributed by atoms with Gasteiger partial charge < -0.3 is 15.7 Å². The molecule has 0 saturated heterocycles. The van der Waals surface area contributed by atoms with E-state index in [4.69, 9.17) is 0 Å². The third-order valence-corrected chi connectivity index (χ3v) is 4.57. The number of aliphatic carboxylic acids is 1. The van der Waals surface area contributed by atoms with Crippen LogP contribution in [-0.4, -0.2) is 35.5 Å². The maximum absolute atomic E-state index is 12.2. The molecule has 0 radical (unpaired) electrons. The van der Waals surface area contributed by atoms with Crippen LogP contribution < -0.4 is 10.6 Å². The van der Waals surface area contributed by atoms with Crippen LogP contribution in [0.25, 0.3) is 0 Å². The lowest BCUT2D eigenvalue weighted by Crippen LogP contribution is -2.43. The Morgan fingerprint density at radius 3 is 2.14 bits per heavy atom. The van der Waals surface area contributed by atoms with Crippen LogP contribution in [0.2, 0.25) is 0 Å². The summed E-state index contributed by atoms with van der Waals surface area (Å²) in [5, 5.41) is 14.5. The molecule has 2 aromatic rings. The molecule has 29 heavy (non-hydrogen) atoms. The van der Waals surface area contributed by atoms with Gasteiger partial charge in [0.05, 0.1) is 0 Å². The van der Waals surface area contributed by atoms with Gasteiger partial charge in [-0.05, 0) is 28.7 Å². The number of carboxylic acids is 1. The van der Waals surface area contributed by atoms with Crippen LogP contribution >= 0.6 is 0 Å². The number of hydrogen-bond acceptors (Lipinski definition) is 3. The van der Waals surface area contributed by atoms with Gasteiger partial charge in [0.25, 0.3) is 5.91 Å². The smallest absolute Gasteiger partial charge is 0.326 e. The molecule has 0 bridgehead atoms. The molecule has 3 N–H and O–H groups in total. The number of carbonyl (C=O) groups is 3. The van der Waals surface area contributed by atoms with Crippen LogP contribution in [0.4, 0.5) is 0 Å². The first kappa shape index (κ1) is 22.1. The van der Waals surface area contributed by atoms with Crippen molar-refractivity contribution in [2.45, 2.75) is 45.1 Å². The Kier molecular flexibility index (Phi) is 7.53. The molecule has 154 valence electrons. The maximum Gasteiger partial charge on any atom is 0.326 e. The normalized spacial score (nSPS) is 12.1. The molecule has 0 fully saturated rings. The molecule has 2 aromatic carbocycles. The van der Waals surface area contributed by atoms with Crippen molar-refractivity contribution < 1.29 is 19.5 Å². The summed E-state index contributed by atoms with van der Waals surface area (Å²) >= 11 is 0. The Balaban J connectivity index is 1.82. The first-order chi connectivity index (χ1) is 13.7. The second-order valence-corrected chi connectivity index (χ2v) is 7.98. The number of amides is 2. The Labute approximate surface area is 171 Å². The van der Waals surface area contributed by atoms with Gasteiger partial charge in [-0.2, -0.15) is 0 Å². The van der Waals surface area contributed by atoms with Gasteiger partial charge in [0.2, 0.25) is 5.91 Å². The van der Waals surface area contributed by atoms with Crippen molar-refractivity contribution in [2.24, 2.45) is 0 Å². The molecule has 6 heteroatoms. The molecule has 0 aliphatic carbocycles. The Bertz CT molecular complexity index is 839. The monoisotopic (exact) mass is 396 g/mol. The number of benzene rings is 2. The minimum Gasteiger partial charge on any atom is -0.480 e. The zero-order valence-corrected chi connectivity index (χ0v) is 17.1. The summed E-state index contributed by atoms with van der Waals surface area (Å²) in [6.45, 7) is 6.43. The number of hydrogen-bond donors (Lipinski definition) is 3. The topological polar surface area (TPSA) is 95.5 Å². The third-order valence-electron chi connectivity index (χ3n) is 4.57. The fourth-order valence-corrected chi connectivity index (χ4v) is 2.83. The molecule has 2 rings (SSSR count). The lowest BCUT2D eigenvalue weighted by atomic mass is 9.87. The highest BCUT2D eigenvalue weighted by Gasteiger charge is 2.20. The van der Waals surface area contributed by atoms with E-state index in [9.17, 15) is 19.5 Å². The summed E-state index contributed by atoms with van der Waals surface area (Å²) in [6.07, 6.45) is 0.207. The predicted molar refractivity (Wildman–Crippen MR) is 112 cm³/mol. The number of rotatable bonds is 8. The maximum atomic E-state index is 12.2. The standard InChI is InChI=1S/C23H28N2O4/c1-23(2,3)18-11-9-17(10-12-18)21(27)24-14-13-20(26)25-19(22(28)29)15-16-7-5-4-6-8-16/h4-12,19H,13-15H2,1-3H3,(H,24,27)(H,25,26)(H,28,29)/t19-/m1/s1. The first-order valence-corrected chi connectivity index (χ1v) is 9.61. The van der Waals surface area contributed by atoms with E-state index in [-0.39, 0.29) is 30.7 Å². The van der Waals surface area contributed by atoms with Crippen molar-refractivity contribution in [2.75, 3.05) is 6.54 Å². The van der Waals surface area contributed by atoms with Crippen LogP contribution in [0.1, 0.15) is 48.7 Å². The lowest BCUT2D eigenvalue weighted by molar-refractivity contribution is -0.141. The van der Waals surface area contributed by atoms with Gasteiger partial charge in [0.15, 0.2) is 0 Å². The Morgan fingerprint density at radius 1 is 0.966 bits per heavy atom. The lowest BCUT2D eigenvalue weighted by Gasteiger charge is -2.19. The molecular formula is C23H28N2O4. The van der Waals surface area contributed by atoms with Gasteiger partial charge in [-0.1, -0.05) is 63.2 Å². The molecule has 0 spiro atoms. The van der Waals surface area contributed by atoms with Crippen molar-refractivity contribution in [3.63, 3.8) is 0 Å². The van der Waals surface area contributed by atoms with Crippen LogP contribution in [0, 0.1) is 0 Å². The van der Waals surface area contributed by atoms with Crippen molar-refractivity contribution in [1.29, 1.82) is 0 Å². The van der Waals surface area contributed by atoms with E-state index in [1.165, 1.54) is 0 Å². The van der Waals surface area contributed by atoms with E-state index in [1.54, 1.807) is 12.1 Å². The fourth-order valence-electron chi connectivity index (χ4n) is 2.83. The molecule has 0 unspecified atom stereocenters. The molecule has 1 atom stereocenters. The average Bonchev–Trinajstić information content (AvgIpc) is 2.67. The zero-order chi connectivity index (χ0) is 21.4. The van der Waals surface area contributed by atoms with Crippen LogP contribution in [0.3, 0.4) is 0 Å². The highest BCUT2D eigenvalue weighted by atomic mass is 16.4. The SMILES string of the molecule is CC(C)(C)c1ccc(C(=O)NCCC(=O)N[C@H](Cc2ccccc2)C(=O)O)cc1. The summed E-state index contributed by atoms with van der Waals surface area (Å²) in [4.78, 5) is 35.7. The summed E-state index contributed by atoms with van der Waals surface area (Å²) < 4.78 is 0. The highest BCUT2D eigenvalue weighted by Crippen LogP contribution is 2.22. The van der Waals surface area contributed by atoms with Gasteiger partial charge >= 0.3 is 5.97 Å². The molecule has 0 saturated carbocycles. The molecule has 0 aliphatic rings. The number of carbonyl (C=O) groups excluding carboxylic acids is 2. The quantitative estimate of drug-likeness (QED) is 0.639. The zero-order valence-electron chi connectivity index (χ0n) is 17.1. The molecule has 0 aromatic heterocycles. The summed E-state index contributed by atoms with van der Waals surface area (Å²) in [7, 11) is 0. The predicted octanol–water partition coefficient (Wildman–Crippen LogP) is 2.92. The largest absolute Gasteiger partial charge is 0.480 e. The van der Waals surface area contributed by atoms with Gasteiger partial charge in [0.1, 0.15) is 6.04 Å². The molecular weight excluding hydrogens is 368 g/mol. The first-order valence-electron chi connectivity index (χ1n) is 9.61. The highest BCUT2D eigenvalue weighted by molar-refractivity contribution is 5.94. The van der Waals surface area contributed by atoms with Crippen molar-refractivity contribution in [3.05, 3.63) is 71.3 Å². The van der Waals surface area contributed by atoms with E-state index in [1.807, 2.05) is 42.5 Å². The molecule has 0 aliphatic heterocycles. The molecule has 0 heterocycles. The summed E-state index contributed by atoms with van der Waals surface area (Å²) in [5.74, 6) is -1.78. The number of carboxylic acid groups (broad SMARTS) is 1. The summed E-state index contributed by atoms with van der Waals surface area (Å²) in [6, 6.07) is 15.5. The Hall–Kier alpha value is -3.15. The van der Waals surface area contributed by atoms with Crippen LogP contribution in [-0.2, 0) is 21.4 Å². The second-order valence-electron chi connectivity index (χ2n) is 7.98. The van der Waals surface area contributed by atoms with Crippen LogP contribution in [0.15, 0.2) is 54.6 Å². The molecule has 2 amide bonds. The van der Waals surface area contributed by atoms with Gasteiger partial charge in [-0.15, -0.1) is 0 Å². The van der Waals surface area contributed by atoms with Gasteiger partial charge in [-0.3, -0.25) is 9.59 Å². The van der Waals surface area contributed by atoms with Crippen molar-refractivity contribution >= 4 is 17.8 Å². The van der Waals surface area contributed by atoms with Crippen molar-refractivity contribution in [3.8, 4) is 0 Å². The number of nitrogens with one attached hydrogen (secondary N) is 2. The van der Waals surface area contributed by atoms with Gasteiger partial charge in [0, 0.05) is 24.9 Å².